The molecule has 4 heteroatoms. The van der Waals surface area contributed by atoms with Crippen molar-refractivity contribution in [2.75, 3.05) is 0 Å². The first-order chi connectivity index (χ1) is 43.6. The van der Waals surface area contributed by atoms with Gasteiger partial charge in [0, 0.05) is 49.6 Å². The van der Waals surface area contributed by atoms with Crippen molar-refractivity contribution in [2.24, 2.45) is 0 Å². The number of fused-ring (bicyclic) bond motifs is 6. The van der Waals surface area contributed by atoms with Crippen molar-refractivity contribution in [2.45, 2.75) is 0 Å². The van der Waals surface area contributed by atoms with Crippen LogP contribution in [0.25, 0.3) is 155 Å². The van der Waals surface area contributed by atoms with E-state index in [4.69, 9.17) is 4.98 Å². The van der Waals surface area contributed by atoms with Gasteiger partial charge in [-0.05, 0) is 163 Å². The molecule has 0 aliphatic heterocycles. The number of nitrogens with zero attached hydrogens (tertiary/aromatic N) is 4. The van der Waals surface area contributed by atoms with Crippen molar-refractivity contribution in [1.82, 2.24) is 14.1 Å². The van der Waals surface area contributed by atoms with Crippen LogP contribution in [0.1, 0.15) is 5.56 Å². The number of benzene rings is 13. The van der Waals surface area contributed by atoms with E-state index in [-0.39, 0.29) is 0 Å². The number of aromatic nitrogens is 3. The van der Waals surface area contributed by atoms with Gasteiger partial charge < -0.3 is 9.13 Å². The minimum Gasteiger partial charge on any atom is -0.309 e. The van der Waals surface area contributed by atoms with E-state index in [1.54, 1.807) is 0 Å². The Labute approximate surface area is 511 Å². The van der Waals surface area contributed by atoms with Crippen molar-refractivity contribution in [3.63, 3.8) is 0 Å². The minimum absolute atomic E-state index is 0.584. The van der Waals surface area contributed by atoms with Crippen LogP contribution < -0.4 is 0 Å². The molecule has 0 radical (unpaired) electrons. The fourth-order valence-corrected chi connectivity index (χ4v) is 13.1. The molecule has 0 bridgehead atoms. The summed E-state index contributed by atoms with van der Waals surface area (Å²) < 4.78 is 4.77. The minimum atomic E-state index is 0.584. The molecule has 0 spiro atoms. The predicted octanol–water partition coefficient (Wildman–Crippen LogP) is 22.2. The molecule has 0 atom stereocenters. The maximum atomic E-state index is 11.3. The van der Waals surface area contributed by atoms with Gasteiger partial charge in [-0.15, -0.1) is 0 Å². The van der Waals surface area contributed by atoms with Gasteiger partial charge in [0.1, 0.15) is 0 Å². The van der Waals surface area contributed by atoms with E-state index >= 15 is 0 Å². The quantitative estimate of drug-likeness (QED) is 0.130. The van der Waals surface area contributed by atoms with Crippen LogP contribution in [0.5, 0.6) is 0 Å². The third kappa shape index (κ3) is 9.23. The van der Waals surface area contributed by atoms with Gasteiger partial charge in [-0.1, -0.05) is 237 Å². The van der Waals surface area contributed by atoms with Gasteiger partial charge in [0.25, 0.3) is 0 Å². The molecule has 0 unspecified atom stereocenters. The molecule has 3 heterocycles. The zero-order valence-corrected chi connectivity index (χ0v) is 48.0. The highest BCUT2D eigenvalue weighted by Crippen LogP contribution is 2.46. The van der Waals surface area contributed by atoms with E-state index in [1.165, 1.54) is 66.1 Å². The average molecular weight is 1120 g/mol. The lowest BCUT2D eigenvalue weighted by atomic mass is 9.84. The number of nitriles is 1. The maximum Gasteiger partial charge on any atom is 0.0998 e. The van der Waals surface area contributed by atoms with Crippen molar-refractivity contribution in [1.29, 1.82) is 5.26 Å². The Hall–Kier alpha value is -11.9. The van der Waals surface area contributed by atoms with Crippen LogP contribution in [0.4, 0.5) is 0 Å². The van der Waals surface area contributed by atoms with Gasteiger partial charge in [0.05, 0.1) is 45.1 Å². The topological polar surface area (TPSA) is 46.5 Å². The molecule has 410 valence electrons. The zero-order chi connectivity index (χ0) is 58.5. The molecule has 16 aromatic rings. The Morgan fingerprint density at radius 1 is 0.239 bits per heavy atom. The summed E-state index contributed by atoms with van der Waals surface area (Å²) in [6, 6.07) is 120. The highest BCUT2D eigenvalue weighted by Gasteiger charge is 2.23. The summed E-state index contributed by atoms with van der Waals surface area (Å²) in [4.78, 5) is 5.31. The molecule has 88 heavy (non-hydrogen) atoms. The van der Waals surface area contributed by atoms with E-state index in [9.17, 15) is 5.26 Å². The van der Waals surface area contributed by atoms with E-state index in [1.807, 2.05) is 18.2 Å². The van der Waals surface area contributed by atoms with E-state index < -0.39 is 0 Å². The van der Waals surface area contributed by atoms with Crippen LogP contribution in [0, 0.1) is 11.3 Å². The highest BCUT2D eigenvalue weighted by molar-refractivity contribution is 6.13. The summed E-state index contributed by atoms with van der Waals surface area (Å²) in [6.07, 6.45) is 0. The summed E-state index contributed by atoms with van der Waals surface area (Å²) in [7, 11) is 0. The van der Waals surface area contributed by atoms with Crippen LogP contribution in [-0.4, -0.2) is 14.1 Å². The normalized spacial score (nSPS) is 11.4. The first kappa shape index (κ1) is 51.7. The third-order valence-electron chi connectivity index (χ3n) is 17.4. The first-order valence-electron chi connectivity index (χ1n) is 29.9. The third-order valence-corrected chi connectivity index (χ3v) is 17.4. The molecule has 4 nitrogen and oxygen atoms in total. The SMILES string of the molecule is N#Cc1ccc(-c2cc(-c3ccccc3)nc(-c3ccccc3)c2)c(-c2ccc(-n3c4ccc(-c5ccccc5)cc4c4cc(-c5ccccc5)ccc43)cc2)c1-c1ccc(-n2c3ccc(-c4ccccc4)cc3c3cc(-c4ccccc4)ccc32)cc1. The predicted molar refractivity (Wildman–Crippen MR) is 367 cm³/mol. The molecule has 0 saturated heterocycles. The van der Waals surface area contributed by atoms with Gasteiger partial charge in [-0.2, -0.15) is 5.26 Å². The summed E-state index contributed by atoms with van der Waals surface area (Å²) >= 11 is 0. The largest absolute Gasteiger partial charge is 0.309 e. The lowest BCUT2D eigenvalue weighted by Gasteiger charge is -2.20. The molecular formula is C84H54N4. The van der Waals surface area contributed by atoms with Gasteiger partial charge in [-0.25, -0.2) is 4.98 Å². The summed E-state index contributed by atoms with van der Waals surface area (Å²) in [5.41, 5.74) is 26.0. The number of hydrogen-bond donors (Lipinski definition) is 0. The van der Waals surface area contributed by atoms with Gasteiger partial charge in [0.15, 0.2) is 0 Å². The lowest BCUT2D eigenvalue weighted by molar-refractivity contribution is 1.18. The Bertz CT molecular complexity index is 5070. The molecule has 0 fully saturated rings. The second kappa shape index (κ2) is 21.9. The second-order valence-electron chi connectivity index (χ2n) is 22.5. The average Bonchev–Trinajstić information content (AvgIpc) is 1.84. The van der Waals surface area contributed by atoms with Gasteiger partial charge in [-0.3, -0.25) is 0 Å². The van der Waals surface area contributed by atoms with Crippen LogP contribution in [0.3, 0.4) is 0 Å². The van der Waals surface area contributed by atoms with Crippen LogP contribution in [-0.2, 0) is 0 Å². The Morgan fingerprint density at radius 3 is 0.852 bits per heavy atom. The summed E-state index contributed by atoms with van der Waals surface area (Å²) in [5, 5.41) is 16.1. The maximum absolute atomic E-state index is 11.3. The zero-order valence-electron chi connectivity index (χ0n) is 48.0. The molecule has 0 aliphatic rings. The second-order valence-corrected chi connectivity index (χ2v) is 22.5. The van der Waals surface area contributed by atoms with E-state index in [0.29, 0.717) is 5.56 Å². The smallest absolute Gasteiger partial charge is 0.0998 e. The molecule has 0 saturated carbocycles. The van der Waals surface area contributed by atoms with Crippen LogP contribution in [0.15, 0.2) is 328 Å². The van der Waals surface area contributed by atoms with Crippen molar-refractivity contribution < 1.29 is 0 Å². The standard InChI is InChI=1S/C84H54N4/c85-55-68-35-44-72(69-53-77(60-27-15-5-16-28-60)86-78(54-69)61-29-17-6-18-30-61)84(63-33-42-71(43-34-63)88-81-47-38-66(58-23-11-3-12-24-58)51-75(81)76-52-67(39-48-82(76)88)59-25-13-4-14-26-59)83(68)62-31-40-70(41-32-62)87-79-45-36-64(56-19-7-1-8-20-56)49-73(79)74-50-65(37-46-80(74)87)57-21-9-2-10-22-57/h1-54H. The Balaban J connectivity index is 0.887. The van der Waals surface area contributed by atoms with E-state index in [0.717, 1.165) is 89.3 Å². The molecule has 0 N–H and O–H groups in total. The molecule has 0 amide bonds. The molecule has 16 rings (SSSR count). The van der Waals surface area contributed by atoms with Crippen LogP contribution >= 0.6 is 0 Å². The lowest BCUT2D eigenvalue weighted by Crippen LogP contribution is -1.98. The molecule has 3 aromatic heterocycles. The summed E-state index contributed by atoms with van der Waals surface area (Å²) in [6.45, 7) is 0. The van der Waals surface area contributed by atoms with E-state index in [2.05, 4.69) is 325 Å². The van der Waals surface area contributed by atoms with Gasteiger partial charge >= 0.3 is 0 Å². The Kier molecular flexibility index (Phi) is 12.9. The van der Waals surface area contributed by atoms with Crippen molar-refractivity contribution >= 4 is 43.6 Å². The summed E-state index contributed by atoms with van der Waals surface area (Å²) in [5.74, 6) is 0. The Morgan fingerprint density at radius 2 is 0.534 bits per heavy atom. The fourth-order valence-electron chi connectivity index (χ4n) is 13.1. The fraction of sp³-hybridized carbons (Fsp3) is 0. The monoisotopic (exact) mass is 1120 g/mol. The molecular weight excluding hydrogens is 1060 g/mol. The number of hydrogen-bond acceptors (Lipinski definition) is 2. The van der Waals surface area contributed by atoms with Crippen molar-refractivity contribution in [3.8, 4) is 118 Å². The number of rotatable bonds is 11. The highest BCUT2D eigenvalue weighted by atomic mass is 15.0. The van der Waals surface area contributed by atoms with Gasteiger partial charge in [0.2, 0.25) is 0 Å². The number of pyridine rings is 1. The molecule has 13 aromatic carbocycles. The molecule has 0 aliphatic carbocycles. The van der Waals surface area contributed by atoms with Crippen molar-refractivity contribution in [3.05, 3.63) is 333 Å². The van der Waals surface area contributed by atoms with Crippen LogP contribution in [0.2, 0.25) is 0 Å². The first-order valence-corrected chi connectivity index (χ1v) is 29.9.